The van der Waals surface area contributed by atoms with Gasteiger partial charge in [0.15, 0.2) is 5.13 Å². The summed E-state index contributed by atoms with van der Waals surface area (Å²) in [5.41, 5.74) is 0.989. The van der Waals surface area contributed by atoms with Crippen molar-refractivity contribution in [3.05, 3.63) is 10.6 Å². The van der Waals surface area contributed by atoms with E-state index in [1.807, 2.05) is 20.8 Å². The van der Waals surface area contributed by atoms with Gasteiger partial charge in [-0.3, -0.25) is 9.59 Å². The summed E-state index contributed by atoms with van der Waals surface area (Å²) in [6.45, 7) is 6.05. The molecule has 2 rings (SSSR count). The van der Waals surface area contributed by atoms with Crippen LogP contribution in [0.4, 0.5) is 5.13 Å². The summed E-state index contributed by atoms with van der Waals surface area (Å²) in [6, 6.07) is 0. The van der Waals surface area contributed by atoms with Gasteiger partial charge in [-0.1, -0.05) is 20.3 Å². The van der Waals surface area contributed by atoms with Gasteiger partial charge in [0.2, 0.25) is 5.91 Å². The Bertz CT molecular complexity index is 541. The van der Waals surface area contributed by atoms with Gasteiger partial charge in [-0.05, 0) is 32.1 Å². The number of carboxylic acid groups (broad SMARTS) is 1. The molecule has 1 saturated carbocycles. The molecule has 6 heteroatoms. The Hall–Kier alpha value is -1.43. The number of hydrogen-bond donors (Lipinski definition) is 2. The van der Waals surface area contributed by atoms with Crippen LogP contribution in [0.2, 0.25) is 0 Å². The first-order valence-electron chi connectivity index (χ1n) is 7.46. The molecule has 0 radical (unpaired) electrons. The number of aliphatic carboxylic acids is 1. The van der Waals surface area contributed by atoms with Crippen LogP contribution in [-0.4, -0.2) is 22.0 Å². The summed E-state index contributed by atoms with van der Waals surface area (Å²) in [5, 5.41) is 12.7. The Morgan fingerprint density at radius 3 is 2.52 bits per heavy atom. The van der Waals surface area contributed by atoms with Gasteiger partial charge in [-0.25, -0.2) is 4.98 Å². The van der Waals surface area contributed by atoms with Crippen LogP contribution in [0.3, 0.4) is 0 Å². The van der Waals surface area contributed by atoms with E-state index >= 15 is 0 Å². The zero-order chi connectivity index (χ0) is 15.6. The van der Waals surface area contributed by atoms with Crippen molar-refractivity contribution in [3.8, 4) is 0 Å². The molecule has 0 spiro atoms. The third-order valence-electron chi connectivity index (χ3n) is 4.35. The molecule has 2 N–H and O–H groups in total. The Kier molecular flexibility index (Phi) is 4.98. The normalized spacial score (nSPS) is 25.0. The van der Waals surface area contributed by atoms with Gasteiger partial charge >= 0.3 is 5.97 Å². The molecule has 3 unspecified atom stereocenters. The van der Waals surface area contributed by atoms with Crippen molar-refractivity contribution in [2.45, 2.75) is 46.5 Å². The molecule has 5 nitrogen and oxygen atoms in total. The second-order valence-electron chi connectivity index (χ2n) is 5.66. The maximum absolute atomic E-state index is 12.4. The minimum atomic E-state index is -0.865. The van der Waals surface area contributed by atoms with Crippen molar-refractivity contribution in [1.29, 1.82) is 0 Å². The first-order valence-corrected chi connectivity index (χ1v) is 8.27. The monoisotopic (exact) mass is 310 g/mol. The number of thiazole rings is 1. The molecule has 0 aliphatic heterocycles. The third kappa shape index (κ3) is 3.43. The van der Waals surface area contributed by atoms with Crippen LogP contribution in [0, 0.1) is 24.7 Å². The minimum absolute atomic E-state index is 0.199. The maximum Gasteiger partial charge on any atom is 0.307 e. The fourth-order valence-electron chi connectivity index (χ4n) is 3.05. The molecular weight excluding hydrogens is 288 g/mol. The number of hydrogen-bond acceptors (Lipinski definition) is 4. The van der Waals surface area contributed by atoms with Crippen LogP contribution >= 0.6 is 11.3 Å². The average molecular weight is 310 g/mol. The summed E-state index contributed by atoms with van der Waals surface area (Å²) >= 11 is 1.45. The van der Waals surface area contributed by atoms with Crippen LogP contribution < -0.4 is 5.32 Å². The van der Waals surface area contributed by atoms with E-state index in [9.17, 15) is 14.7 Å². The fourth-order valence-corrected chi connectivity index (χ4v) is 3.95. The molecule has 1 heterocycles. The molecule has 1 aliphatic rings. The van der Waals surface area contributed by atoms with Gasteiger partial charge in [-0.2, -0.15) is 0 Å². The highest BCUT2D eigenvalue weighted by molar-refractivity contribution is 7.15. The number of carbonyl (C=O) groups is 2. The number of nitrogens with zero attached hydrogens (tertiary/aromatic N) is 1. The number of rotatable bonds is 5. The molecule has 1 aliphatic carbocycles. The molecule has 21 heavy (non-hydrogen) atoms. The number of carboxylic acids is 1. The van der Waals surface area contributed by atoms with Gasteiger partial charge in [0, 0.05) is 4.88 Å². The Balaban J connectivity index is 2.09. The summed E-state index contributed by atoms with van der Waals surface area (Å²) in [5.74, 6) is -1.75. The first-order chi connectivity index (χ1) is 9.96. The smallest absolute Gasteiger partial charge is 0.307 e. The second-order valence-corrected chi connectivity index (χ2v) is 6.86. The number of amides is 1. The number of aromatic nitrogens is 1. The highest BCUT2D eigenvalue weighted by Crippen LogP contribution is 2.39. The maximum atomic E-state index is 12.4. The zero-order valence-corrected chi connectivity index (χ0v) is 13.5. The van der Waals surface area contributed by atoms with Crippen LogP contribution in [0.1, 0.15) is 43.7 Å². The standard InChI is InChI=1S/C15H22N2O3S/c1-4-9-6-10(11(7-9)14(19)20)13(18)17-15-16-12(5-2)8(3)21-15/h9-11H,4-7H2,1-3H3,(H,19,20)(H,16,17,18). The average Bonchev–Trinajstić information content (AvgIpc) is 3.02. The van der Waals surface area contributed by atoms with Crippen LogP contribution in [0.25, 0.3) is 0 Å². The van der Waals surface area contributed by atoms with Crippen molar-refractivity contribution in [1.82, 2.24) is 4.98 Å². The quantitative estimate of drug-likeness (QED) is 0.876. The molecule has 116 valence electrons. The lowest BCUT2D eigenvalue weighted by atomic mass is 9.95. The predicted molar refractivity (Wildman–Crippen MR) is 82.5 cm³/mol. The van der Waals surface area contributed by atoms with Gasteiger partial charge in [-0.15, -0.1) is 11.3 Å². The molecule has 1 fully saturated rings. The zero-order valence-electron chi connectivity index (χ0n) is 12.7. The van der Waals surface area contributed by atoms with E-state index in [2.05, 4.69) is 10.3 Å². The van der Waals surface area contributed by atoms with E-state index in [4.69, 9.17) is 0 Å². The predicted octanol–water partition coefficient (Wildman–Crippen LogP) is 3.09. The van der Waals surface area contributed by atoms with E-state index in [-0.39, 0.29) is 5.91 Å². The molecule has 1 aromatic heterocycles. The summed E-state index contributed by atoms with van der Waals surface area (Å²) in [4.78, 5) is 29.2. The van der Waals surface area contributed by atoms with Crippen LogP contribution in [0.5, 0.6) is 0 Å². The number of carbonyl (C=O) groups excluding carboxylic acids is 1. The SMILES string of the molecule is CCc1nc(NC(=O)C2CC(CC)CC2C(=O)O)sc1C. The largest absolute Gasteiger partial charge is 0.481 e. The van der Waals surface area contributed by atoms with Gasteiger partial charge in [0.05, 0.1) is 17.5 Å². The molecule has 0 saturated heterocycles. The summed E-state index contributed by atoms with van der Waals surface area (Å²) in [6.07, 6.45) is 3.01. The Labute approximate surface area is 128 Å². The van der Waals surface area contributed by atoms with Gasteiger partial charge in [0.25, 0.3) is 0 Å². The lowest BCUT2D eigenvalue weighted by molar-refractivity contribution is -0.145. The Morgan fingerprint density at radius 2 is 2.00 bits per heavy atom. The molecule has 1 aromatic rings. The van der Waals surface area contributed by atoms with E-state index < -0.39 is 17.8 Å². The molecule has 3 atom stereocenters. The lowest BCUT2D eigenvalue weighted by Gasteiger charge is -2.14. The van der Waals surface area contributed by atoms with Crippen molar-refractivity contribution < 1.29 is 14.7 Å². The molecule has 0 bridgehead atoms. The van der Waals surface area contributed by atoms with Gasteiger partial charge < -0.3 is 10.4 Å². The highest BCUT2D eigenvalue weighted by Gasteiger charge is 2.42. The van der Waals surface area contributed by atoms with E-state index in [1.54, 1.807) is 0 Å². The van der Waals surface area contributed by atoms with Crippen molar-refractivity contribution in [3.63, 3.8) is 0 Å². The van der Waals surface area contributed by atoms with Crippen molar-refractivity contribution >= 4 is 28.3 Å². The highest BCUT2D eigenvalue weighted by atomic mass is 32.1. The van der Waals surface area contributed by atoms with Crippen LogP contribution in [-0.2, 0) is 16.0 Å². The van der Waals surface area contributed by atoms with E-state index in [0.717, 1.165) is 23.4 Å². The summed E-state index contributed by atoms with van der Waals surface area (Å²) in [7, 11) is 0. The molecular formula is C15H22N2O3S. The van der Waals surface area contributed by atoms with E-state index in [1.165, 1.54) is 11.3 Å². The minimum Gasteiger partial charge on any atom is -0.481 e. The summed E-state index contributed by atoms with van der Waals surface area (Å²) < 4.78 is 0. The number of aryl methyl sites for hydroxylation is 2. The Morgan fingerprint density at radius 1 is 1.33 bits per heavy atom. The van der Waals surface area contributed by atoms with Crippen LogP contribution in [0.15, 0.2) is 0 Å². The first kappa shape index (κ1) is 15.9. The topological polar surface area (TPSA) is 79.3 Å². The fraction of sp³-hybridized carbons (Fsp3) is 0.667. The van der Waals surface area contributed by atoms with Gasteiger partial charge in [0.1, 0.15) is 0 Å². The van der Waals surface area contributed by atoms with Crippen molar-refractivity contribution in [2.24, 2.45) is 17.8 Å². The van der Waals surface area contributed by atoms with E-state index in [0.29, 0.717) is 23.9 Å². The number of anilines is 1. The lowest BCUT2D eigenvalue weighted by Crippen LogP contribution is -2.29. The number of nitrogens with one attached hydrogen (secondary N) is 1. The van der Waals surface area contributed by atoms with Crippen molar-refractivity contribution in [2.75, 3.05) is 5.32 Å². The molecule has 1 amide bonds. The second kappa shape index (κ2) is 6.56. The molecule has 0 aromatic carbocycles. The third-order valence-corrected chi connectivity index (χ3v) is 5.28.